The standard InChI is InChI=1S/C41H42ClF4N7O8/c1-4-23(2)37(56)51-33(21-36(47)55)35(54)17-24-5-7-25(8-6-24)22-60-40(59)53(3)16-15-49-38(57)34-20-28(13-14-48-34)61-27-10-12-32(31(43)19-27)52-39(58)50-26-9-11-30(42)29(18-26)41(44,45)46/h5-14,18-20,23,33H,4,15-17,21-22H2,1-3H3,(H2,47,55)(H,49,57)(H,51,56)(H2,50,52,58). The number of likely N-dealkylation sites (N-methyl/N-ethyl adjacent to an activating group) is 1. The van der Waals surface area contributed by atoms with Crippen molar-refractivity contribution in [3.05, 3.63) is 112 Å². The van der Waals surface area contributed by atoms with Gasteiger partial charge in [-0.05, 0) is 53.9 Å². The highest BCUT2D eigenvalue weighted by Gasteiger charge is 2.33. The van der Waals surface area contributed by atoms with Crippen molar-refractivity contribution in [3.8, 4) is 11.5 Å². The maximum atomic E-state index is 14.9. The molecule has 1 heterocycles. The van der Waals surface area contributed by atoms with Gasteiger partial charge < -0.3 is 41.4 Å². The molecular weight excluding hydrogens is 830 g/mol. The summed E-state index contributed by atoms with van der Waals surface area (Å²) in [6, 6.07) is 13.4. The summed E-state index contributed by atoms with van der Waals surface area (Å²) in [6.45, 7) is 3.53. The maximum Gasteiger partial charge on any atom is 0.417 e. The Morgan fingerprint density at radius 1 is 0.918 bits per heavy atom. The van der Waals surface area contributed by atoms with Gasteiger partial charge >= 0.3 is 18.3 Å². The number of benzene rings is 3. The lowest BCUT2D eigenvalue weighted by molar-refractivity contribution is -0.137. The number of carbonyl (C=O) groups excluding carboxylic acids is 6. The van der Waals surface area contributed by atoms with Crippen LogP contribution >= 0.6 is 11.6 Å². The maximum absolute atomic E-state index is 14.9. The zero-order valence-electron chi connectivity index (χ0n) is 33.0. The topological polar surface area (TPSA) is 211 Å². The van der Waals surface area contributed by atoms with Crippen molar-refractivity contribution in [2.45, 2.75) is 51.9 Å². The van der Waals surface area contributed by atoms with Gasteiger partial charge in [0.25, 0.3) is 5.91 Å². The Bertz CT molecular complexity index is 2240. The Morgan fingerprint density at radius 2 is 1.61 bits per heavy atom. The number of carbonyl (C=O) groups is 6. The fourth-order valence-electron chi connectivity index (χ4n) is 5.30. The van der Waals surface area contributed by atoms with Crippen LogP contribution in [0.2, 0.25) is 5.02 Å². The van der Waals surface area contributed by atoms with Gasteiger partial charge in [-0.25, -0.2) is 14.0 Å². The van der Waals surface area contributed by atoms with Crippen LogP contribution in [0, 0.1) is 11.7 Å². The molecule has 0 saturated heterocycles. The Kier molecular flexibility index (Phi) is 16.5. The molecule has 0 aliphatic heterocycles. The van der Waals surface area contributed by atoms with Gasteiger partial charge in [-0.2, -0.15) is 13.2 Å². The molecular formula is C41H42ClF4N7O8. The van der Waals surface area contributed by atoms with Crippen molar-refractivity contribution in [3.63, 3.8) is 0 Å². The monoisotopic (exact) mass is 871 g/mol. The number of ether oxygens (including phenoxy) is 2. The summed E-state index contributed by atoms with van der Waals surface area (Å²) in [5, 5.41) is 9.05. The molecule has 2 unspecified atom stereocenters. The number of aromatic nitrogens is 1. The molecule has 20 heteroatoms. The zero-order chi connectivity index (χ0) is 44.9. The first kappa shape index (κ1) is 46.9. The molecule has 4 rings (SSSR count). The molecule has 0 aliphatic rings. The van der Waals surface area contributed by atoms with Crippen molar-refractivity contribution in [2.75, 3.05) is 30.8 Å². The third-order valence-electron chi connectivity index (χ3n) is 8.90. The normalized spacial score (nSPS) is 12.0. The number of nitrogens with zero attached hydrogens (tertiary/aromatic N) is 2. The van der Waals surface area contributed by atoms with Gasteiger partial charge in [-0.15, -0.1) is 0 Å². The molecule has 6 N–H and O–H groups in total. The lowest BCUT2D eigenvalue weighted by Crippen LogP contribution is -2.45. The fourth-order valence-corrected chi connectivity index (χ4v) is 5.52. The van der Waals surface area contributed by atoms with Gasteiger partial charge in [0.05, 0.1) is 28.7 Å². The number of Topliss-reactive ketones (excluding diaryl/α,β-unsaturated/α-hetero) is 1. The van der Waals surface area contributed by atoms with Gasteiger partial charge in [0.2, 0.25) is 11.8 Å². The van der Waals surface area contributed by atoms with E-state index in [1.54, 1.807) is 31.2 Å². The van der Waals surface area contributed by atoms with Crippen LogP contribution in [0.5, 0.6) is 11.5 Å². The van der Waals surface area contributed by atoms with Crippen LogP contribution in [0.15, 0.2) is 79.0 Å². The van der Waals surface area contributed by atoms with Gasteiger partial charge in [0.15, 0.2) is 5.78 Å². The number of halogens is 5. The zero-order valence-corrected chi connectivity index (χ0v) is 33.8. The summed E-state index contributed by atoms with van der Waals surface area (Å²) in [5.74, 6) is -3.24. The molecule has 6 amide bonds. The third kappa shape index (κ3) is 14.5. The number of primary amides is 1. The average molecular weight is 872 g/mol. The minimum atomic E-state index is -4.76. The molecule has 0 bridgehead atoms. The number of hydrogen-bond acceptors (Lipinski definition) is 9. The lowest BCUT2D eigenvalue weighted by Gasteiger charge is -2.19. The fraction of sp³-hybridized carbons (Fsp3) is 0.293. The summed E-state index contributed by atoms with van der Waals surface area (Å²) in [6.07, 6.45) is -3.97. The first-order valence-electron chi connectivity index (χ1n) is 18.6. The number of alkyl halides is 3. The molecule has 2 atom stereocenters. The molecule has 61 heavy (non-hydrogen) atoms. The molecule has 0 spiro atoms. The van der Waals surface area contributed by atoms with E-state index in [9.17, 15) is 46.3 Å². The molecule has 0 fully saturated rings. The highest BCUT2D eigenvalue weighted by Crippen LogP contribution is 2.36. The van der Waals surface area contributed by atoms with Gasteiger partial charge in [-0.1, -0.05) is 49.7 Å². The number of nitrogens with two attached hydrogens (primary N) is 1. The van der Waals surface area contributed by atoms with Crippen LogP contribution in [0.25, 0.3) is 0 Å². The second-order valence-electron chi connectivity index (χ2n) is 13.6. The van der Waals surface area contributed by atoms with Crippen molar-refractivity contribution in [1.82, 2.24) is 20.5 Å². The van der Waals surface area contributed by atoms with Gasteiger partial charge in [0.1, 0.15) is 29.6 Å². The Hall–Kier alpha value is -6.76. The van der Waals surface area contributed by atoms with E-state index in [1.165, 1.54) is 36.3 Å². The van der Waals surface area contributed by atoms with Crippen molar-refractivity contribution in [2.24, 2.45) is 11.7 Å². The summed E-state index contributed by atoms with van der Waals surface area (Å²) in [5.41, 5.74) is 4.78. The smallest absolute Gasteiger partial charge is 0.417 e. The van der Waals surface area contributed by atoms with E-state index in [4.69, 9.17) is 26.8 Å². The van der Waals surface area contributed by atoms with E-state index < -0.39 is 52.6 Å². The highest BCUT2D eigenvalue weighted by molar-refractivity contribution is 6.31. The second-order valence-corrected chi connectivity index (χ2v) is 14.0. The van der Waals surface area contributed by atoms with Crippen LogP contribution in [0.4, 0.5) is 38.5 Å². The number of nitrogens with one attached hydrogen (secondary N) is 4. The minimum absolute atomic E-state index is 0.0171. The van der Waals surface area contributed by atoms with Gasteiger partial charge in [0, 0.05) is 56.5 Å². The summed E-state index contributed by atoms with van der Waals surface area (Å²) < 4.78 is 65.3. The predicted molar refractivity (Wildman–Crippen MR) is 215 cm³/mol. The first-order valence-corrected chi connectivity index (χ1v) is 18.9. The Labute approximate surface area is 352 Å². The summed E-state index contributed by atoms with van der Waals surface area (Å²) in [7, 11) is 1.47. The summed E-state index contributed by atoms with van der Waals surface area (Å²) in [4.78, 5) is 79.7. The molecule has 4 aromatic rings. The van der Waals surface area contributed by atoms with Crippen LogP contribution in [-0.4, -0.2) is 71.7 Å². The number of anilines is 2. The van der Waals surface area contributed by atoms with Crippen LogP contribution in [0.3, 0.4) is 0 Å². The quantitative estimate of drug-likeness (QED) is 0.0662. The number of ketones is 1. The van der Waals surface area contributed by atoms with Crippen molar-refractivity contribution in [1.29, 1.82) is 0 Å². The molecule has 15 nitrogen and oxygen atoms in total. The first-order chi connectivity index (χ1) is 28.8. The van der Waals surface area contributed by atoms with E-state index in [0.29, 0.717) is 23.6 Å². The molecule has 0 aliphatic carbocycles. The highest BCUT2D eigenvalue weighted by atomic mass is 35.5. The van der Waals surface area contributed by atoms with Crippen LogP contribution in [0.1, 0.15) is 53.9 Å². The lowest BCUT2D eigenvalue weighted by atomic mass is 9.99. The molecule has 0 saturated carbocycles. The Balaban J connectivity index is 1.21. The van der Waals surface area contributed by atoms with Crippen molar-refractivity contribution < 1.29 is 55.8 Å². The SMILES string of the molecule is CCC(C)C(=O)NC(CC(N)=O)C(=O)Cc1ccc(COC(=O)N(C)CCNC(=O)c2cc(Oc3ccc(NC(=O)Nc4ccc(Cl)c(C(F)(F)F)c4)c(F)c3)ccn2)cc1. The number of pyridine rings is 1. The number of hydrogen-bond donors (Lipinski definition) is 5. The number of amides is 6. The number of urea groups is 1. The second kappa shape index (κ2) is 21.5. The van der Waals surface area contributed by atoms with E-state index in [0.717, 1.165) is 24.3 Å². The van der Waals surface area contributed by atoms with Crippen LogP contribution in [-0.2, 0) is 38.3 Å². The van der Waals surface area contributed by atoms with Crippen molar-refractivity contribution >= 4 is 58.6 Å². The molecule has 324 valence electrons. The third-order valence-corrected chi connectivity index (χ3v) is 9.23. The van der Waals surface area contributed by atoms with E-state index in [1.807, 2.05) is 6.92 Å². The predicted octanol–water partition coefficient (Wildman–Crippen LogP) is 6.85. The molecule has 3 aromatic carbocycles. The van der Waals surface area contributed by atoms with Crippen LogP contribution < -0.4 is 31.7 Å². The molecule has 1 aromatic heterocycles. The van der Waals surface area contributed by atoms with E-state index in [-0.39, 0.29) is 78.7 Å². The number of rotatable bonds is 18. The Morgan fingerprint density at radius 3 is 2.26 bits per heavy atom. The van der Waals surface area contributed by atoms with E-state index >= 15 is 0 Å². The van der Waals surface area contributed by atoms with E-state index in [2.05, 4.69) is 26.3 Å². The minimum Gasteiger partial charge on any atom is -0.457 e. The summed E-state index contributed by atoms with van der Waals surface area (Å²) >= 11 is 5.60. The molecule has 0 radical (unpaired) electrons. The average Bonchev–Trinajstić information content (AvgIpc) is 3.20. The largest absolute Gasteiger partial charge is 0.457 e. The van der Waals surface area contributed by atoms with Gasteiger partial charge in [-0.3, -0.25) is 24.2 Å².